The van der Waals surface area contributed by atoms with E-state index in [9.17, 15) is 0 Å². The van der Waals surface area contributed by atoms with Gasteiger partial charge in [0.1, 0.15) is 5.75 Å². The second-order valence-corrected chi connectivity index (χ2v) is 5.88. The lowest BCUT2D eigenvalue weighted by Crippen LogP contribution is -2.15. The molecule has 0 saturated carbocycles. The fourth-order valence-electron chi connectivity index (χ4n) is 2.51. The molecule has 116 valence electrons. The van der Waals surface area contributed by atoms with E-state index in [2.05, 4.69) is 30.0 Å². The topological polar surface area (TPSA) is 52.4 Å². The molecule has 0 aromatic heterocycles. The number of hydrogen-bond donors (Lipinski definition) is 0. The minimum absolute atomic E-state index is 0.267. The Morgan fingerprint density at radius 2 is 2.00 bits per heavy atom. The molecule has 5 nitrogen and oxygen atoms in total. The van der Waals surface area contributed by atoms with E-state index in [0.717, 1.165) is 35.7 Å². The summed E-state index contributed by atoms with van der Waals surface area (Å²) in [6, 6.07) is 3.91. The van der Waals surface area contributed by atoms with Gasteiger partial charge < -0.3 is 14.2 Å². The van der Waals surface area contributed by atoms with Crippen LogP contribution in [0.4, 0.5) is 0 Å². The highest BCUT2D eigenvalue weighted by atomic mass is 16.7. The van der Waals surface area contributed by atoms with Gasteiger partial charge >= 0.3 is 0 Å². The van der Waals surface area contributed by atoms with Crippen LogP contribution < -0.4 is 14.2 Å². The molecule has 1 aromatic carbocycles. The van der Waals surface area contributed by atoms with Crippen molar-refractivity contribution in [1.29, 1.82) is 0 Å². The molecule has 5 heteroatoms. The van der Waals surface area contributed by atoms with E-state index in [1.165, 1.54) is 0 Å². The zero-order chi connectivity index (χ0) is 15.6. The van der Waals surface area contributed by atoms with Crippen molar-refractivity contribution in [3.63, 3.8) is 0 Å². The van der Waals surface area contributed by atoms with Crippen LogP contribution in [0.5, 0.6) is 17.2 Å². The van der Waals surface area contributed by atoms with Gasteiger partial charge in [0.15, 0.2) is 17.2 Å². The Bertz CT molecular complexity index is 626. The fourth-order valence-corrected chi connectivity index (χ4v) is 2.51. The molecule has 1 aromatic rings. The summed E-state index contributed by atoms with van der Waals surface area (Å²) in [7, 11) is 0. The van der Waals surface area contributed by atoms with Crippen LogP contribution in [0, 0.1) is 12.3 Å². The van der Waals surface area contributed by atoms with E-state index in [1.807, 2.05) is 12.1 Å². The Hall–Kier alpha value is -2.22. The van der Waals surface area contributed by atoms with Crippen LogP contribution in [0.2, 0.25) is 0 Å². The third kappa shape index (κ3) is 3.01. The zero-order valence-electron chi connectivity index (χ0n) is 13.0. The Labute approximate surface area is 130 Å². The molecule has 0 spiro atoms. The highest BCUT2D eigenvalue weighted by Gasteiger charge is 2.39. The maximum absolute atomic E-state index is 5.97. The number of benzene rings is 1. The summed E-state index contributed by atoms with van der Waals surface area (Å²) in [5.74, 6) is 5.34. The summed E-state index contributed by atoms with van der Waals surface area (Å²) < 4.78 is 16.8. The molecule has 3 rings (SSSR count). The van der Waals surface area contributed by atoms with Crippen molar-refractivity contribution >= 4 is 0 Å². The van der Waals surface area contributed by atoms with Crippen molar-refractivity contribution in [2.75, 3.05) is 13.4 Å². The number of hydrogen-bond acceptors (Lipinski definition) is 5. The zero-order valence-corrected chi connectivity index (χ0v) is 13.0. The van der Waals surface area contributed by atoms with E-state index in [4.69, 9.17) is 20.6 Å². The summed E-state index contributed by atoms with van der Waals surface area (Å²) in [6.45, 7) is 5.08. The van der Waals surface area contributed by atoms with Crippen molar-refractivity contribution in [1.82, 2.24) is 0 Å². The Balaban J connectivity index is 1.64. The molecule has 2 aliphatic heterocycles. The lowest BCUT2D eigenvalue weighted by atomic mass is 10.0. The molecule has 0 radical (unpaired) electrons. The molecule has 2 aliphatic rings. The van der Waals surface area contributed by atoms with Crippen molar-refractivity contribution in [3.05, 3.63) is 17.7 Å². The van der Waals surface area contributed by atoms with Crippen LogP contribution in [0.15, 0.2) is 22.4 Å². The van der Waals surface area contributed by atoms with Crippen molar-refractivity contribution in [2.45, 2.75) is 44.7 Å². The van der Waals surface area contributed by atoms with Crippen LogP contribution in [0.25, 0.3) is 0 Å². The second kappa shape index (κ2) is 5.88. The molecule has 0 aliphatic carbocycles. The minimum atomic E-state index is -0.305. The van der Waals surface area contributed by atoms with Gasteiger partial charge in [-0.3, -0.25) is 0 Å². The molecule has 0 saturated heterocycles. The molecule has 0 unspecified atom stereocenters. The molecule has 0 fully saturated rings. The monoisotopic (exact) mass is 300 g/mol. The molecular weight excluding hydrogens is 280 g/mol. The van der Waals surface area contributed by atoms with Gasteiger partial charge in [-0.25, -0.2) is 0 Å². The van der Waals surface area contributed by atoms with Crippen LogP contribution >= 0.6 is 0 Å². The van der Waals surface area contributed by atoms with E-state index in [0.29, 0.717) is 18.9 Å². The smallest absolute Gasteiger partial charge is 0.231 e. The summed E-state index contributed by atoms with van der Waals surface area (Å²) in [5, 5.41) is 8.25. The first-order valence-corrected chi connectivity index (χ1v) is 7.57. The van der Waals surface area contributed by atoms with Gasteiger partial charge in [-0.2, -0.15) is 10.2 Å². The average molecular weight is 300 g/mol. The van der Waals surface area contributed by atoms with Gasteiger partial charge in [-0.15, -0.1) is 12.3 Å². The van der Waals surface area contributed by atoms with Crippen molar-refractivity contribution in [2.24, 2.45) is 10.2 Å². The third-order valence-corrected chi connectivity index (χ3v) is 3.94. The van der Waals surface area contributed by atoms with Gasteiger partial charge in [0.25, 0.3) is 0 Å². The van der Waals surface area contributed by atoms with Gasteiger partial charge in [0, 0.05) is 30.9 Å². The predicted molar refractivity (Wildman–Crippen MR) is 82.4 cm³/mol. The molecule has 0 N–H and O–H groups in total. The Morgan fingerprint density at radius 3 is 2.64 bits per heavy atom. The quantitative estimate of drug-likeness (QED) is 0.718. The van der Waals surface area contributed by atoms with E-state index >= 15 is 0 Å². The number of rotatable bonds is 7. The lowest BCUT2D eigenvalue weighted by molar-refractivity contribution is 0.173. The second-order valence-electron chi connectivity index (χ2n) is 5.88. The molecule has 2 heterocycles. The highest BCUT2D eigenvalue weighted by molar-refractivity contribution is 5.52. The van der Waals surface area contributed by atoms with E-state index in [-0.39, 0.29) is 12.5 Å². The fraction of sp³-hybridized carbons (Fsp3) is 0.529. The number of ether oxygens (including phenoxy) is 3. The molecule has 0 bridgehead atoms. The van der Waals surface area contributed by atoms with Crippen LogP contribution in [-0.2, 0) is 0 Å². The van der Waals surface area contributed by atoms with Crippen LogP contribution in [0.1, 0.15) is 44.6 Å². The van der Waals surface area contributed by atoms with Gasteiger partial charge in [0.2, 0.25) is 6.79 Å². The van der Waals surface area contributed by atoms with E-state index < -0.39 is 0 Å². The summed E-state index contributed by atoms with van der Waals surface area (Å²) in [4.78, 5) is 0. The molecular formula is C17H20N2O3. The average Bonchev–Trinajstić information content (AvgIpc) is 3.11. The third-order valence-electron chi connectivity index (χ3n) is 3.94. The van der Waals surface area contributed by atoms with E-state index in [1.54, 1.807) is 0 Å². The van der Waals surface area contributed by atoms with Gasteiger partial charge in [-0.1, -0.05) is 13.8 Å². The van der Waals surface area contributed by atoms with Crippen molar-refractivity contribution < 1.29 is 14.2 Å². The largest absolute Gasteiger partial charge is 0.493 e. The Kier molecular flexibility index (Phi) is 3.93. The Morgan fingerprint density at radius 1 is 1.27 bits per heavy atom. The summed E-state index contributed by atoms with van der Waals surface area (Å²) in [5.41, 5.74) is 0.812. The van der Waals surface area contributed by atoms with Crippen LogP contribution in [-0.4, -0.2) is 19.1 Å². The molecule has 0 amide bonds. The van der Waals surface area contributed by atoms with Gasteiger partial charge in [0.05, 0.1) is 6.61 Å². The number of terminal acetylenes is 1. The lowest BCUT2D eigenvalue weighted by Gasteiger charge is -2.16. The highest BCUT2D eigenvalue weighted by Crippen LogP contribution is 2.41. The first-order valence-electron chi connectivity index (χ1n) is 7.57. The standard InChI is InChI=1S/C17H20N2O3/c1-4-5-6-17(18-19-17)7-8-20-14-10-16-15(21-11-22-16)9-13(14)12(2)3/h1,9-10,12H,5-8,11H2,2-3H3. The summed E-state index contributed by atoms with van der Waals surface area (Å²) in [6.07, 6.45) is 7.53. The number of fused-ring (bicyclic) bond motifs is 1. The predicted octanol–water partition coefficient (Wildman–Crippen LogP) is 3.88. The summed E-state index contributed by atoms with van der Waals surface area (Å²) >= 11 is 0. The normalized spacial score (nSPS) is 16.6. The molecule has 0 atom stereocenters. The SMILES string of the molecule is C#CCCC1(CCOc2cc3c(cc2C(C)C)OCO3)N=N1. The van der Waals surface area contributed by atoms with Crippen molar-refractivity contribution in [3.8, 4) is 29.6 Å². The maximum atomic E-state index is 5.97. The first-order chi connectivity index (χ1) is 10.6. The minimum Gasteiger partial charge on any atom is -0.493 e. The number of nitrogens with zero attached hydrogens (tertiary/aromatic N) is 2. The van der Waals surface area contributed by atoms with Gasteiger partial charge in [-0.05, 0) is 12.0 Å². The molecule has 22 heavy (non-hydrogen) atoms. The first kappa shape index (κ1) is 14.7. The van der Waals surface area contributed by atoms with Crippen LogP contribution in [0.3, 0.4) is 0 Å². The maximum Gasteiger partial charge on any atom is 0.231 e.